The fraction of sp³-hybridized carbons (Fsp3) is 0.500. The van der Waals surface area contributed by atoms with Crippen LogP contribution in [0.5, 0.6) is 5.75 Å². The molecular weight excluding hydrogens is 222 g/mol. The Morgan fingerprint density at radius 2 is 2.12 bits per heavy atom. The first-order valence-corrected chi connectivity index (χ1v) is 5.44. The standard InChI is InChI=1S/C12H17NO4/c1-6(2)8(5-10(13)15)12-11(16)9(14)4-7(3)17-12/h4,6,8,16H,5H2,1-3H3,(H2,13,15)/t8-/m0/s1. The highest BCUT2D eigenvalue weighted by atomic mass is 16.4. The fourth-order valence-electron chi connectivity index (χ4n) is 1.72. The molecule has 94 valence electrons. The van der Waals surface area contributed by atoms with Gasteiger partial charge in [0.05, 0.1) is 0 Å². The lowest BCUT2D eigenvalue weighted by Gasteiger charge is -2.19. The smallest absolute Gasteiger partial charge is 0.227 e. The second-order valence-corrected chi connectivity index (χ2v) is 4.46. The molecule has 0 aromatic carbocycles. The molecule has 1 rings (SSSR count). The first kappa shape index (κ1) is 13.3. The second kappa shape index (κ2) is 5.03. The molecule has 0 bridgehead atoms. The minimum atomic E-state index is -0.501. The summed E-state index contributed by atoms with van der Waals surface area (Å²) >= 11 is 0. The average Bonchev–Trinajstić information content (AvgIpc) is 2.19. The van der Waals surface area contributed by atoms with Gasteiger partial charge in [-0.15, -0.1) is 0 Å². The molecule has 5 nitrogen and oxygen atoms in total. The Kier molecular flexibility index (Phi) is 3.93. The van der Waals surface area contributed by atoms with Gasteiger partial charge in [0.25, 0.3) is 0 Å². The van der Waals surface area contributed by atoms with Crippen molar-refractivity contribution in [2.45, 2.75) is 33.1 Å². The molecule has 0 aliphatic rings. The van der Waals surface area contributed by atoms with Crippen LogP contribution in [0, 0.1) is 12.8 Å². The Labute approximate surface area is 99.2 Å². The Morgan fingerprint density at radius 3 is 2.59 bits per heavy atom. The number of amides is 1. The third-order valence-corrected chi connectivity index (χ3v) is 2.63. The summed E-state index contributed by atoms with van der Waals surface area (Å²) in [5.41, 5.74) is 4.65. The quantitative estimate of drug-likeness (QED) is 0.827. The predicted octanol–water partition coefficient (Wildman–Crippen LogP) is 1.27. The van der Waals surface area contributed by atoms with Gasteiger partial charge in [0.15, 0.2) is 5.76 Å². The normalized spacial score (nSPS) is 12.7. The molecule has 0 unspecified atom stereocenters. The summed E-state index contributed by atoms with van der Waals surface area (Å²) < 4.78 is 5.36. The number of nitrogens with two attached hydrogens (primary N) is 1. The van der Waals surface area contributed by atoms with Gasteiger partial charge in [-0.1, -0.05) is 13.8 Å². The zero-order chi connectivity index (χ0) is 13.2. The van der Waals surface area contributed by atoms with E-state index in [-0.39, 0.29) is 24.0 Å². The highest BCUT2D eigenvalue weighted by Gasteiger charge is 2.25. The molecule has 1 heterocycles. The van der Waals surface area contributed by atoms with Gasteiger partial charge in [-0.2, -0.15) is 0 Å². The van der Waals surface area contributed by atoms with Crippen LogP contribution in [0.15, 0.2) is 15.3 Å². The maximum atomic E-state index is 11.4. The topological polar surface area (TPSA) is 93.5 Å². The van der Waals surface area contributed by atoms with E-state index in [9.17, 15) is 14.7 Å². The van der Waals surface area contributed by atoms with E-state index in [1.165, 1.54) is 6.07 Å². The first-order chi connectivity index (χ1) is 7.82. The van der Waals surface area contributed by atoms with Crippen LogP contribution in [0.1, 0.15) is 37.7 Å². The molecule has 1 aromatic rings. The highest BCUT2D eigenvalue weighted by molar-refractivity contribution is 5.74. The van der Waals surface area contributed by atoms with Crippen molar-refractivity contribution in [1.82, 2.24) is 0 Å². The lowest BCUT2D eigenvalue weighted by atomic mass is 9.89. The molecule has 1 atom stereocenters. The van der Waals surface area contributed by atoms with E-state index in [1.54, 1.807) is 6.92 Å². The van der Waals surface area contributed by atoms with Crippen molar-refractivity contribution in [2.75, 3.05) is 0 Å². The summed E-state index contributed by atoms with van der Waals surface area (Å²) in [4.78, 5) is 22.4. The number of carbonyl (C=O) groups excluding carboxylic acids is 1. The van der Waals surface area contributed by atoms with Crippen molar-refractivity contribution >= 4 is 5.91 Å². The minimum Gasteiger partial charge on any atom is -0.502 e. The molecule has 0 saturated carbocycles. The Morgan fingerprint density at radius 1 is 1.53 bits per heavy atom. The lowest BCUT2D eigenvalue weighted by Crippen LogP contribution is -2.20. The molecule has 0 fully saturated rings. The molecule has 5 heteroatoms. The zero-order valence-electron chi connectivity index (χ0n) is 10.2. The van der Waals surface area contributed by atoms with Crippen molar-refractivity contribution in [3.05, 3.63) is 27.8 Å². The van der Waals surface area contributed by atoms with Crippen molar-refractivity contribution in [3.63, 3.8) is 0 Å². The number of hydrogen-bond acceptors (Lipinski definition) is 4. The van der Waals surface area contributed by atoms with Crippen LogP contribution in [0.25, 0.3) is 0 Å². The molecule has 0 aliphatic carbocycles. The van der Waals surface area contributed by atoms with Crippen molar-refractivity contribution in [3.8, 4) is 5.75 Å². The molecule has 1 aromatic heterocycles. The van der Waals surface area contributed by atoms with E-state index < -0.39 is 17.1 Å². The van der Waals surface area contributed by atoms with Crippen LogP contribution in [0.2, 0.25) is 0 Å². The van der Waals surface area contributed by atoms with E-state index in [0.717, 1.165) is 0 Å². The SMILES string of the molecule is Cc1cc(=O)c(O)c([C@@H](CC(N)=O)C(C)C)o1. The van der Waals surface area contributed by atoms with Crippen molar-refractivity contribution < 1.29 is 14.3 Å². The van der Waals surface area contributed by atoms with Crippen LogP contribution in [0.3, 0.4) is 0 Å². The van der Waals surface area contributed by atoms with Crippen LogP contribution in [-0.4, -0.2) is 11.0 Å². The fourth-order valence-corrected chi connectivity index (χ4v) is 1.72. The number of rotatable bonds is 4. The van der Waals surface area contributed by atoms with Gasteiger partial charge < -0.3 is 15.3 Å². The molecule has 0 spiro atoms. The summed E-state index contributed by atoms with van der Waals surface area (Å²) in [5, 5.41) is 9.70. The number of aromatic hydroxyl groups is 1. The molecule has 1 amide bonds. The van der Waals surface area contributed by atoms with E-state index in [0.29, 0.717) is 5.76 Å². The Hall–Kier alpha value is -1.78. The van der Waals surface area contributed by atoms with Gasteiger partial charge >= 0.3 is 0 Å². The van der Waals surface area contributed by atoms with Gasteiger partial charge in [-0.05, 0) is 12.8 Å². The molecule has 0 aliphatic heterocycles. The summed E-state index contributed by atoms with van der Waals surface area (Å²) in [7, 11) is 0. The average molecular weight is 239 g/mol. The van der Waals surface area contributed by atoms with Crippen molar-refractivity contribution in [2.24, 2.45) is 11.7 Å². The highest BCUT2D eigenvalue weighted by Crippen LogP contribution is 2.32. The summed E-state index contributed by atoms with van der Waals surface area (Å²) in [6.07, 6.45) is 0.0393. The summed E-state index contributed by atoms with van der Waals surface area (Å²) in [6.45, 7) is 5.36. The Bertz CT molecular complexity index is 476. The molecule has 17 heavy (non-hydrogen) atoms. The van der Waals surface area contributed by atoms with E-state index in [4.69, 9.17) is 10.2 Å². The van der Waals surface area contributed by atoms with Gasteiger partial charge in [0.1, 0.15) is 5.76 Å². The maximum Gasteiger partial charge on any atom is 0.227 e. The number of carbonyl (C=O) groups is 1. The minimum absolute atomic E-state index is 0.0262. The van der Waals surface area contributed by atoms with Gasteiger partial charge in [0, 0.05) is 18.4 Å². The van der Waals surface area contributed by atoms with Gasteiger partial charge in [-0.3, -0.25) is 9.59 Å². The number of hydrogen-bond donors (Lipinski definition) is 2. The molecule has 3 N–H and O–H groups in total. The summed E-state index contributed by atoms with van der Waals surface area (Å²) in [5.74, 6) is -0.747. The Balaban J connectivity index is 3.27. The van der Waals surface area contributed by atoms with Crippen molar-refractivity contribution in [1.29, 1.82) is 0 Å². The van der Waals surface area contributed by atoms with E-state index in [1.807, 2.05) is 13.8 Å². The van der Waals surface area contributed by atoms with E-state index in [2.05, 4.69) is 0 Å². The number of primary amides is 1. The van der Waals surface area contributed by atoms with E-state index >= 15 is 0 Å². The van der Waals surface area contributed by atoms with Gasteiger partial charge in [0.2, 0.25) is 17.1 Å². The van der Waals surface area contributed by atoms with Crippen LogP contribution in [-0.2, 0) is 4.79 Å². The van der Waals surface area contributed by atoms with Gasteiger partial charge in [-0.25, -0.2) is 0 Å². The van der Waals surface area contributed by atoms with Crippen LogP contribution >= 0.6 is 0 Å². The molecule has 0 saturated heterocycles. The number of aryl methyl sites for hydroxylation is 1. The third kappa shape index (κ3) is 3.09. The zero-order valence-corrected chi connectivity index (χ0v) is 10.2. The van der Waals surface area contributed by atoms with Crippen LogP contribution in [0.4, 0.5) is 0 Å². The monoisotopic (exact) mass is 239 g/mol. The molecular formula is C12H17NO4. The predicted molar refractivity (Wildman–Crippen MR) is 62.8 cm³/mol. The largest absolute Gasteiger partial charge is 0.502 e. The first-order valence-electron chi connectivity index (χ1n) is 5.44. The third-order valence-electron chi connectivity index (χ3n) is 2.63. The summed E-state index contributed by atoms with van der Waals surface area (Å²) in [6, 6.07) is 1.21. The maximum absolute atomic E-state index is 11.4. The lowest BCUT2D eigenvalue weighted by molar-refractivity contribution is -0.118. The molecule has 0 radical (unpaired) electrons. The second-order valence-electron chi connectivity index (χ2n) is 4.46. The van der Waals surface area contributed by atoms with Crippen LogP contribution < -0.4 is 11.2 Å².